The van der Waals surface area contributed by atoms with Crippen LogP contribution < -0.4 is 16.0 Å². The Hall–Kier alpha value is -2.41. The summed E-state index contributed by atoms with van der Waals surface area (Å²) in [5.41, 5.74) is 0.597. The Bertz CT molecular complexity index is 505. The van der Waals surface area contributed by atoms with Gasteiger partial charge in [-0.25, -0.2) is 4.79 Å². The minimum absolute atomic E-state index is 0.0399. The maximum atomic E-state index is 11.7. The van der Waals surface area contributed by atoms with Gasteiger partial charge in [0.2, 0.25) is 11.8 Å². The molecule has 0 unspecified atom stereocenters. The normalized spacial score (nSPS) is 10.1. The summed E-state index contributed by atoms with van der Waals surface area (Å²) in [4.78, 5) is 36.4. The number of carbonyl (C=O) groups is 3. The van der Waals surface area contributed by atoms with Crippen LogP contribution in [0.4, 0.5) is 10.5 Å². The van der Waals surface area contributed by atoms with Crippen LogP contribution in [-0.2, 0) is 9.59 Å². The van der Waals surface area contributed by atoms with Crippen molar-refractivity contribution in [1.82, 2.24) is 15.5 Å². The largest absolute Gasteiger partial charge is 0.355 e. The molecular formula is C15H22N4O3. The molecule has 7 nitrogen and oxygen atoms in total. The molecule has 0 spiro atoms. The number of nitrogens with zero attached hydrogens (tertiary/aromatic N) is 1. The molecule has 0 heterocycles. The number of rotatable bonds is 7. The molecule has 1 aromatic rings. The summed E-state index contributed by atoms with van der Waals surface area (Å²) in [6.07, 6.45) is 0.857. The Morgan fingerprint density at radius 2 is 1.68 bits per heavy atom. The maximum absolute atomic E-state index is 11.7. The first-order chi connectivity index (χ1) is 10.5. The second-order valence-corrected chi connectivity index (χ2v) is 4.89. The fourth-order valence-corrected chi connectivity index (χ4v) is 1.72. The number of carbonyl (C=O) groups excluding carboxylic acids is 3. The van der Waals surface area contributed by atoms with E-state index in [1.54, 1.807) is 31.3 Å². The highest BCUT2D eigenvalue weighted by molar-refractivity contribution is 6.01. The number of benzene rings is 1. The third-order valence-electron chi connectivity index (χ3n) is 2.68. The molecule has 0 aliphatic rings. The van der Waals surface area contributed by atoms with Gasteiger partial charge in [-0.15, -0.1) is 0 Å². The highest BCUT2D eigenvalue weighted by Crippen LogP contribution is 2.03. The molecule has 0 saturated heterocycles. The molecule has 4 amide bonds. The molecule has 0 fully saturated rings. The number of urea groups is 1. The summed E-state index contributed by atoms with van der Waals surface area (Å²) < 4.78 is 0. The van der Waals surface area contributed by atoms with Crippen molar-refractivity contribution < 1.29 is 14.4 Å². The zero-order chi connectivity index (χ0) is 16.4. The van der Waals surface area contributed by atoms with E-state index < -0.39 is 11.9 Å². The van der Waals surface area contributed by atoms with Gasteiger partial charge in [0, 0.05) is 12.2 Å². The summed E-state index contributed by atoms with van der Waals surface area (Å²) in [7, 11) is 1.64. The number of para-hydroxylation sites is 1. The van der Waals surface area contributed by atoms with Crippen LogP contribution in [0.2, 0.25) is 0 Å². The second-order valence-electron chi connectivity index (χ2n) is 4.89. The molecule has 1 aromatic carbocycles. The summed E-state index contributed by atoms with van der Waals surface area (Å²) in [5, 5.41) is 7.48. The number of hydrogen-bond acceptors (Lipinski definition) is 4. The second kappa shape index (κ2) is 9.51. The van der Waals surface area contributed by atoms with Crippen molar-refractivity contribution in [2.24, 2.45) is 0 Å². The molecular weight excluding hydrogens is 284 g/mol. The van der Waals surface area contributed by atoms with Crippen molar-refractivity contribution in [2.75, 3.05) is 32.0 Å². The number of amides is 4. The van der Waals surface area contributed by atoms with Gasteiger partial charge in [0.05, 0.1) is 13.1 Å². The van der Waals surface area contributed by atoms with Crippen LogP contribution in [0.15, 0.2) is 30.3 Å². The van der Waals surface area contributed by atoms with Crippen LogP contribution in [0, 0.1) is 0 Å². The van der Waals surface area contributed by atoms with Crippen LogP contribution >= 0.6 is 0 Å². The zero-order valence-electron chi connectivity index (χ0n) is 12.9. The van der Waals surface area contributed by atoms with Crippen molar-refractivity contribution in [1.29, 1.82) is 0 Å². The van der Waals surface area contributed by atoms with Gasteiger partial charge in [-0.1, -0.05) is 25.1 Å². The SMILES string of the molecule is CCCNC(=O)CN(C)CC(=O)NC(=O)Nc1ccccc1. The third-order valence-corrected chi connectivity index (χ3v) is 2.68. The van der Waals surface area contributed by atoms with E-state index in [-0.39, 0.29) is 19.0 Å². The fourth-order valence-electron chi connectivity index (χ4n) is 1.72. The molecule has 0 bridgehead atoms. The van der Waals surface area contributed by atoms with Gasteiger partial charge in [0.1, 0.15) is 0 Å². The van der Waals surface area contributed by atoms with Gasteiger partial charge < -0.3 is 10.6 Å². The summed E-state index contributed by atoms with van der Waals surface area (Å²) in [5.74, 6) is -0.620. The first kappa shape index (κ1) is 17.6. The molecule has 0 saturated carbocycles. The Kier molecular flexibility index (Phi) is 7.63. The van der Waals surface area contributed by atoms with Gasteiger partial charge in [0.15, 0.2) is 0 Å². The zero-order valence-corrected chi connectivity index (χ0v) is 12.9. The number of hydrogen-bond donors (Lipinski definition) is 3. The van der Waals surface area contributed by atoms with E-state index in [0.29, 0.717) is 12.2 Å². The standard InChI is InChI=1S/C15H22N4O3/c1-3-9-16-13(20)10-19(2)11-14(21)18-15(22)17-12-7-5-4-6-8-12/h4-8H,3,9-11H2,1-2H3,(H,16,20)(H2,17,18,21,22). The van der Waals surface area contributed by atoms with Crippen LogP contribution in [0.25, 0.3) is 0 Å². The first-order valence-electron chi connectivity index (χ1n) is 7.12. The summed E-state index contributed by atoms with van der Waals surface area (Å²) in [6.45, 7) is 2.64. The van der Waals surface area contributed by atoms with Gasteiger partial charge in [-0.3, -0.25) is 19.8 Å². The number of imide groups is 1. The number of anilines is 1. The molecule has 22 heavy (non-hydrogen) atoms. The minimum Gasteiger partial charge on any atom is -0.355 e. The highest BCUT2D eigenvalue weighted by atomic mass is 16.2. The van der Waals surface area contributed by atoms with Crippen molar-refractivity contribution in [3.63, 3.8) is 0 Å². The molecule has 1 rings (SSSR count). The number of nitrogens with one attached hydrogen (secondary N) is 3. The Morgan fingerprint density at radius 3 is 2.32 bits per heavy atom. The Labute approximate surface area is 130 Å². The molecule has 3 N–H and O–H groups in total. The van der Waals surface area contributed by atoms with Gasteiger partial charge in [-0.05, 0) is 25.6 Å². The van der Waals surface area contributed by atoms with Gasteiger partial charge in [0.25, 0.3) is 0 Å². The molecule has 0 aliphatic heterocycles. The molecule has 0 aliphatic carbocycles. The molecule has 120 valence electrons. The fraction of sp³-hybridized carbons (Fsp3) is 0.400. The molecule has 0 radical (unpaired) electrons. The van der Waals surface area contributed by atoms with Gasteiger partial charge >= 0.3 is 6.03 Å². The van der Waals surface area contributed by atoms with E-state index >= 15 is 0 Å². The molecule has 0 atom stereocenters. The number of likely N-dealkylation sites (N-methyl/N-ethyl adjacent to an activating group) is 1. The van der Waals surface area contributed by atoms with Crippen LogP contribution in [0.1, 0.15) is 13.3 Å². The van der Waals surface area contributed by atoms with E-state index in [9.17, 15) is 14.4 Å². The van der Waals surface area contributed by atoms with Crippen molar-refractivity contribution in [3.8, 4) is 0 Å². The highest BCUT2D eigenvalue weighted by Gasteiger charge is 2.12. The van der Waals surface area contributed by atoms with Crippen molar-refractivity contribution in [3.05, 3.63) is 30.3 Å². The predicted octanol–water partition coefficient (Wildman–Crippen LogP) is 0.793. The van der Waals surface area contributed by atoms with Crippen LogP contribution in [0.5, 0.6) is 0 Å². The van der Waals surface area contributed by atoms with Crippen LogP contribution in [-0.4, -0.2) is 49.4 Å². The lowest BCUT2D eigenvalue weighted by Gasteiger charge is -2.15. The lowest BCUT2D eigenvalue weighted by Crippen LogP contribution is -2.43. The lowest BCUT2D eigenvalue weighted by molar-refractivity contribution is -0.124. The lowest BCUT2D eigenvalue weighted by atomic mass is 10.3. The van der Waals surface area contributed by atoms with Gasteiger partial charge in [-0.2, -0.15) is 0 Å². The monoisotopic (exact) mass is 306 g/mol. The summed E-state index contributed by atoms with van der Waals surface area (Å²) in [6, 6.07) is 8.22. The predicted molar refractivity (Wildman–Crippen MR) is 84.4 cm³/mol. The molecule has 7 heteroatoms. The maximum Gasteiger partial charge on any atom is 0.325 e. The first-order valence-corrected chi connectivity index (χ1v) is 7.12. The van der Waals surface area contributed by atoms with E-state index in [2.05, 4.69) is 16.0 Å². The van der Waals surface area contributed by atoms with Crippen LogP contribution in [0.3, 0.4) is 0 Å². The Morgan fingerprint density at radius 1 is 1.05 bits per heavy atom. The topological polar surface area (TPSA) is 90.5 Å². The quantitative estimate of drug-likeness (QED) is 0.695. The van der Waals surface area contributed by atoms with Crippen molar-refractivity contribution >= 4 is 23.5 Å². The third kappa shape index (κ3) is 7.39. The van der Waals surface area contributed by atoms with E-state index in [4.69, 9.17) is 0 Å². The smallest absolute Gasteiger partial charge is 0.325 e. The van der Waals surface area contributed by atoms with E-state index in [1.165, 1.54) is 4.90 Å². The average Bonchev–Trinajstić information content (AvgIpc) is 2.45. The van der Waals surface area contributed by atoms with E-state index in [1.807, 2.05) is 13.0 Å². The summed E-state index contributed by atoms with van der Waals surface area (Å²) >= 11 is 0. The average molecular weight is 306 g/mol. The van der Waals surface area contributed by atoms with E-state index in [0.717, 1.165) is 6.42 Å². The molecule has 0 aromatic heterocycles. The Balaban J connectivity index is 2.30. The minimum atomic E-state index is -0.597. The van der Waals surface area contributed by atoms with Crippen molar-refractivity contribution in [2.45, 2.75) is 13.3 Å².